The molecule has 0 atom stereocenters. The summed E-state index contributed by atoms with van der Waals surface area (Å²) in [6.45, 7) is 1.60. The predicted octanol–water partition coefficient (Wildman–Crippen LogP) is 3.88. The normalized spacial score (nSPS) is 13.1. The molecule has 0 aliphatic carbocycles. The lowest BCUT2D eigenvalue weighted by atomic mass is 10.0. The number of hydrogen-bond acceptors (Lipinski definition) is 4. The van der Waals surface area contributed by atoms with Gasteiger partial charge in [-0.15, -0.1) is 0 Å². The van der Waals surface area contributed by atoms with Gasteiger partial charge in [-0.3, -0.25) is 9.78 Å². The number of hydrogen-bond donors (Lipinski definition) is 0. The van der Waals surface area contributed by atoms with Gasteiger partial charge in [0.1, 0.15) is 5.82 Å². The van der Waals surface area contributed by atoms with Crippen molar-refractivity contribution in [2.75, 3.05) is 25.0 Å². The third-order valence-corrected chi connectivity index (χ3v) is 5.21. The van der Waals surface area contributed by atoms with Gasteiger partial charge in [0.2, 0.25) is 0 Å². The van der Waals surface area contributed by atoms with Gasteiger partial charge in [0.05, 0.1) is 5.56 Å². The molecule has 0 fully saturated rings. The predicted molar refractivity (Wildman–Crippen MR) is 111 cm³/mol. The number of anilines is 2. The summed E-state index contributed by atoms with van der Waals surface area (Å²) in [7, 11) is 1.83. The van der Waals surface area contributed by atoms with Gasteiger partial charge in [0.15, 0.2) is 0 Å². The van der Waals surface area contributed by atoms with E-state index in [2.05, 4.69) is 39.1 Å². The Morgan fingerprint density at radius 3 is 2.71 bits per heavy atom. The molecule has 0 unspecified atom stereocenters. The highest BCUT2D eigenvalue weighted by atomic mass is 16.2. The largest absolute Gasteiger partial charge is 0.341 e. The van der Waals surface area contributed by atoms with Crippen molar-refractivity contribution in [3.05, 3.63) is 83.8 Å². The van der Waals surface area contributed by atoms with Crippen LogP contribution in [0.1, 0.15) is 27.9 Å². The third kappa shape index (κ3) is 3.88. The Hall–Kier alpha value is -3.21. The van der Waals surface area contributed by atoms with E-state index in [-0.39, 0.29) is 5.91 Å². The van der Waals surface area contributed by atoms with E-state index in [1.54, 1.807) is 23.5 Å². The van der Waals surface area contributed by atoms with Crippen molar-refractivity contribution in [1.82, 2.24) is 14.9 Å². The molecule has 1 aliphatic heterocycles. The quantitative estimate of drug-likeness (QED) is 0.682. The van der Waals surface area contributed by atoms with E-state index in [0.717, 1.165) is 31.6 Å². The highest BCUT2D eigenvalue weighted by Gasteiger charge is 2.19. The number of likely N-dealkylation sites (N-methyl/N-ethyl adjacent to an activating group) is 1. The van der Waals surface area contributed by atoms with Gasteiger partial charge >= 0.3 is 0 Å². The molecule has 0 saturated carbocycles. The van der Waals surface area contributed by atoms with Gasteiger partial charge in [0, 0.05) is 44.4 Å². The maximum absolute atomic E-state index is 12.7. The minimum Gasteiger partial charge on any atom is -0.341 e. The molecule has 142 valence electrons. The number of para-hydroxylation sites is 1. The lowest BCUT2D eigenvalue weighted by Gasteiger charge is -2.30. The number of carbonyl (C=O) groups is 1. The zero-order valence-corrected chi connectivity index (χ0v) is 16.1. The molecule has 0 saturated heterocycles. The van der Waals surface area contributed by atoms with E-state index in [0.29, 0.717) is 12.1 Å². The molecular formula is C23H24N4O. The van der Waals surface area contributed by atoms with Gasteiger partial charge in [-0.1, -0.05) is 18.2 Å². The van der Waals surface area contributed by atoms with Crippen LogP contribution in [0.5, 0.6) is 0 Å². The molecule has 2 aromatic heterocycles. The molecule has 0 bridgehead atoms. The first-order valence-corrected chi connectivity index (χ1v) is 9.68. The molecule has 5 nitrogen and oxygen atoms in total. The lowest BCUT2D eigenvalue weighted by Crippen LogP contribution is -2.29. The van der Waals surface area contributed by atoms with Gasteiger partial charge in [-0.2, -0.15) is 0 Å². The minimum atomic E-state index is -0.00727. The van der Waals surface area contributed by atoms with Crippen LogP contribution in [-0.2, 0) is 12.8 Å². The summed E-state index contributed by atoms with van der Waals surface area (Å²) < 4.78 is 0. The Morgan fingerprint density at radius 1 is 1.11 bits per heavy atom. The Kier molecular flexibility index (Phi) is 5.33. The van der Waals surface area contributed by atoms with Crippen LogP contribution in [0, 0.1) is 0 Å². The number of nitrogens with zero attached hydrogens (tertiary/aromatic N) is 4. The second kappa shape index (κ2) is 8.21. The van der Waals surface area contributed by atoms with Crippen molar-refractivity contribution in [3.8, 4) is 0 Å². The van der Waals surface area contributed by atoms with E-state index < -0.39 is 0 Å². The number of amides is 1. The summed E-state index contributed by atoms with van der Waals surface area (Å²) in [6.07, 6.45) is 8.26. The number of aromatic nitrogens is 2. The third-order valence-electron chi connectivity index (χ3n) is 5.21. The first kappa shape index (κ1) is 18.2. The monoisotopic (exact) mass is 372 g/mol. The molecule has 0 N–H and O–H groups in total. The first-order valence-electron chi connectivity index (χ1n) is 9.68. The average Bonchev–Trinajstić information content (AvgIpc) is 2.77. The summed E-state index contributed by atoms with van der Waals surface area (Å²) in [5.74, 6) is 0.885. The van der Waals surface area contributed by atoms with Crippen molar-refractivity contribution in [2.24, 2.45) is 0 Å². The molecule has 4 rings (SSSR count). The van der Waals surface area contributed by atoms with Crippen molar-refractivity contribution < 1.29 is 4.79 Å². The molecule has 1 amide bonds. The Balaban J connectivity index is 1.44. The Labute approximate surface area is 165 Å². The Morgan fingerprint density at radius 2 is 1.93 bits per heavy atom. The summed E-state index contributed by atoms with van der Waals surface area (Å²) in [5.41, 5.74) is 4.36. The Bertz CT molecular complexity index is 940. The number of rotatable bonds is 5. The van der Waals surface area contributed by atoms with Gasteiger partial charge in [0.25, 0.3) is 5.91 Å². The van der Waals surface area contributed by atoms with Crippen molar-refractivity contribution in [3.63, 3.8) is 0 Å². The van der Waals surface area contributed by atoms with Crippen molar-refractivity contribution in [2.45, 2.75) is 19.3 Å². The van der Waals surface area contributed by atoms with E-state index in [4.69, 9.17) is 0 Å². The summed E-state index contributed by atoms with van der Waals surface area (Å²) in [6, 6.07) is 16.2. The molecule has 3 heterocycles. The molecular weight excluding hydrogens is 348 g/mol. The molecule has 1 aliphatic rings. The number of pyridine rings is 2. The van der Waals surface area contributed by atoms with Gasteiger partial charge in [-0.05, 0) is 60.7 Å². The fourth-order valence-electron chi connectivity index (χ4n) is 3.61. The zero-order chi connectivity index (χ0) is 19.3. The van der Waals surface area contributed by atoms with Gasteiger partial charge in [-0.25, -0.2) is 4.98 Å². The number of benzene rings is 1. The molecule has 0 radical (unpaired) electrons. The second-order valence-corrected chi connectivity index (χ2v) is 7.12. The topological polar surface area (TPSA) is 49.3 Å². The summed E-state index contributed by atoms with van der Waals surface area (Å²) >= 11 is 0. The van der Waals surface area contributed by atoms with Crippen LogP contribution < -0.4 is 4.90 Å². The molecule has 5 heteroatoms. The number of aryl methyl sites for hydroxylation is 1. The lowest BCUT2D eigenvalue weighted by molar-refractivity contribution is 0.0796. The molecule has 0 spiro atoms. The fraction of sp³-hybridized carbons (Fsp3) is 0.261. The maximum Gasteiger partial charge on any atom is 0.255 e. The number of fused-ring (bicyclic) bond motifs is 1. The first-order chi connectivity index (χ1) is 13.7. The molecule has 1 aromatic carbocycles. The smallest absolute Gasteiger partial charge is 0.255 e. The van der Waals surface area contributed by atoms with Crippen LogP contribution in [0.2, 0.25) is 0 Å². The van der Waals surface area contributed by atoms with Crippen LogP contribution in [0.3, 0.4) is 0 Å². The number of carbonyl (C=O) groups excluding carboxylic acids is 1. The van der Waals surface area contributed by atoms with E-state index in [1.165, 1.54) is 16.8 Å². The molecule has 28 heavy (non-hydrogen) atoms. The van der Waals surface area contributed by atoms with Crippen molar-refractivity contribution in [1.29, 1.82) is 0 Å². The summed E-state index contributed by atoms with van der Waals surface area (Å²) in [5, 5.41) is 0. The fourth-order valence-corrected chi connectivity index (χ4v) is 3.61. The van der Waals surface area contributed by atoms with E-state index in [9.17, 15) is 4.79 Å². The van der Waals surface area contributed by atoms with Crippen LogP contribution in [0.4, 0.5) is 11.5 Å². The highest BCUT2D eigenvalue weighted by Crippen LogP contribution is 2.32. The SMILES string of the molecule is CN(CCc1ccncc1)C(=O)c1ccc(N2CCCc3ccccc32)nc1. The average molecular weight is 372 g/mol. The van der Waals surface area contributed by atoms with Crippen LogP contribution in [-0.4, -0.2) is 40.9 Å². The maximum atomic E-state index is 12.7. The van der Waals surface area contributed by atoms with Gasteiger partial charge < -0.3 is 9.80 Å². The second-order valence-electron chi connectivity index (χ2n) is 7.12. The standard InChI is InChI=1S/C23H24N4O/c1-26(16-12-18-10-13-24-14-11-18)23(28)20-8-9-22(25-17-20)27-15-4-6-19-5-2-3-7-21(19)27/h2-3,5,7-11,13-14,17H,4,6,12,15-16H2,1H3. The zero-order valence-electron chi connectivity index (χ0n) is 16.1. The highest BCUT2D eigenvalue weighted by molar-refractivity contribution is 5.94. The molecule has 3 aromatic rings. The van der Waals surface area contributed by atoms with Crippen LogP contribution in [0.15, 0.2) is 67.1 Å². The summed E-state index contributed by atoms with van der Waals surface area (Å²) in [4.78, 5) is 25.3. The van der Waals surface area contributed by atoms with Crippen LogP contribution >= 0.6 is 0 Å². The van der Waals surface area contributed by atoms with Crippen LogP contribution in [0.25, 0.3) is 0 Å². The minimum absolute atomic E-state index is 0.00727. The van der Waals surface area contributed by atoms with E-state index >= 15 is 0 Å². The van der Waals surface area contributed by atoms with Crippen molar-refractivity contribution >= 4 is 17.4 Å². The van der Waals surface area contributed by atoms with E-state index in [1.807, 2.05) is 31.3 Å².